The number of hydrogen-bond acceptors (Lipinski definition) is 4. The van der Waals surface area contributed by atoms with Crippen molar-refractivity contribution in [3.8, 4) is 0 Å². The third-order valence-corrected chi connectivity index (χ3v) is 2.46. The Morgan fingerprint density at radius 1 is 1.58 bits per heavy atom. The Hall–Kier alpha value is -2.63. The lowest BCUT2D eigenvalue weighted by Gasteiger charge is -2.17. The van der Waals surface area contributed by atoms with Gasteiger partial charge in [0, 0.05) is 31.4 Å². The van der Waals surface area contributed by atoms with E-state index in [2.05, 4.69) is 6.58 Å². The summed E-state index contributed by atoms with van der Waals surface area (Å²) in [6, 6.07) is 4.54. The van der Waals surface area contributed by atoms with Gasteiger partial charge in [0.2, 0.25) is 0 Å². The lowest BCUT2D eigenvalue weighted by molar-refractivity contribution is -0.385. The molecule has 0 aliphatic heterocycles. The van der Waals surface area contributed by atoms with Crippen LogP contribution < -0.4 is 4.90 Å². The lowest BCUT2D eigenvalue weighted by atomic mass is 10.1. The van der Waals surface area contributed by atoms with Gasteiger partial charge in [-0.1, -0.05) is 6.08 Å². The van der Waals surface area contributed by atoms with E-state index in [1.54, 1.807) is 18.2 Å². The molecule has 1 aromatic carbocycles. The van der Waals surface area contributed by atoms with E-state index in [9.17, 15) is 14.9 Å². The summed E-state index contributed by atoms with van der Waals surface area (Å²) in [6.45, 7) is 4.20. The second kappa shape index (κ2) is 6.34. The molecule has 1 N–H and O–H groups in total. The first-order valence-corrected chi connectivity index (χ1v) is 5.47. The Balaban J connectivity index is 3.21. The van der Waals surface area contributed by atoms with E-state index in [0.29, 0.717) is 6.54 Å². The zero-order valence-electron chi connectivity index (χ0n) is 10.4. The molecule has 0 saturated heterocycles. The van der Waals surface area contributed by atoms with Gasteiger partial charge in [-0.25, -0.2) is 4.79 Å². The van der Waals surface area contributed by atoms with Gasteiger partial charge in [0.1, 0.15) is 0 Å². The normalized spacial score (nSPS) is 10.4. The van der Waals surface area contributed by atoms with Crippen LogP contribution in [0.2, 0.25) is 0 Å². The number of carboxylic acids is 1. The van der Waals surface area contributed by atoms with Crippen LogP contribution in [0.4, 0.5) is 11.4 Å². The first kappa shape index (κ1) is 14.4. The SMILES string of the molecule is C=CCN(C)c1ccc([N+](=O)[O-])c(/C=C/C(=O)O)c1. The van der Waals surface area contributed by atoms with Crippen LogP contribution >= 0.6 is 0 Å². The number of nitro benzene ring substituents is 1. The molecule has 19 heavy (non-hydrogen) atoms. The highest BCUT2D eigenvalue weighted by Gasteiger charge is 2.13. The predicted molar refractivity (Wildman–Crippen MR) is 73.2 cm³/mol. The fourth-order valence-corrected chi connectivity index (χ4v) is 1.54. The minimum absolute atomic E-state index is 0.131. The number of likely N-dealkylation sites (N-methyl/N-ethyl adjacent to an activating group) is 1. The van der Waals surface area contributed by atoms with Crippen molar-refractivity contribution in [2.24, 2.45) is 0 Å². The fourth-order valence-electron chi connectivity index (χ4n) is 1.54. The number of benzene rings is 1. The van der Waals surface area contributed by atoms with Gasteiger partial charge in [0.05, 0.1) is 10.5 Å². The van der Waals surface area contributed by atoms with Crippen LogP contribution in [-0.4, -0.2) is 29.6 Å². The minimum atomic E-state index is -1.15. The first-order chi connectivity index (χ1) is 8.95. The number of carbonyl (C=O) groups is 1. The molecule has 1 aromatic rings. The first-order valence-electron chi connectivity index (χ1n) is 5.47. The van der Waals surface area contributed by atoms with Gasteiger partial charge in [0.15, 0.2) is 0 Å². The maximum Gasteiger partial charge on any atom is 0.328 e. The van der Waals surface area contributed by atoms with E-state index in [1.165, 1.54) is 12.1 Å². The number of rotatable bonds is 6. The Morgan fingerprint density at radius 3 is 2.79 bits per heavy atom. The third kappa shape index (κ3) is 3.95. The largest absolute Gasteiger partial charge is 0.478 e. The summed E-state index contributed by atoms with van der Waals surface area (Å²) in [6.07, 6.45) is 3.79. The summed E-state index contributed by atoms with van der Waals surface area (Å²) in [5.74, 6) is -1.15. The Labute approximate surface area is 110 Å². The quantitative estimate of drug-likeness (QED) is 0.368. The van der Waals surface area contributed by atoms with Gasteiger partial charge < -0.3 is 10.0 Å². The second-order valence-corrected chi connectivity index (χ2v) is 3.84. The van der Waals surface area contributed by atoms with Crippen molar-refractivity contribution >= 4 is 23.4 Å². The fraction of sp³-hybridized carbons (Fsp3) is 0.154. The molecule has 0 bridgehead atoms. The zero-order valence-corrected chi connectivity index (χ0v) is 10.4. The van der Waals surface area contributed by atoms with Gasteiger partial charge in [-0.2, -0.15) is 0 Å². The van der Waals surface area contributed by atoms with Crippen LogP contribution in [0.1, 0.15) is 5.56 Å². The highest BCUT2D eigenvalue weighted by molar-refractivity contribution is 5.86. The number of anilines is 1. The van der Waals surface area contributed by atoms with Crippen molar-refractivity contribution in [2.45, 2.75) is 0 Å². The molecule has 0 saturated carbocycles. The maximum absolute atomic E-state index is 10.9. The van der Waals surface area contributed by atoms with Crippen molar-refractivity contribution in [1.29, 1.82) is 0 Å². The molecule has 0 unspecified atom stereocenters. The molecule has 6 heteroatoms. The molecule has 0 fully saturated rings. The molecular weight excluding hydrogens is 248 g/mol. The Bertz CT molecular complexity index is 537. The van der Waals surface area contributed by atoms with Crippen LogP contribution in [0, 0.1) is 10.1 Å². The average Bonchev–Trinajstić information content (AvgIpc) is 2.36. The van der Waals surface area contributed by atoms with E-state index >= 15 is 0 Å². The second-order valence-electron chi connectivity index (χ2n) is 3.84. The summed E-state index contributed by atoms with van der Waals surface area (Å²) in [5.41, 5.74) is 0.865. The smallest absolute Gasteiger partial charge is 0.328 e. The zero-order chi connectivity index (χ0) is 14.4. The van der Waals surface area contributed by atoms with E-state index in [0.717, 1.165) is 11.8 Å². The summed E-state index contributed by atoms with van der Waals surface area (Å²) in [4.78, 5) is 22.7. The van der Waals surface area contributed by atoms with Crippen LogP contribution in [0.5, 0.6) is 0 Å². The number of hydrogen-bond donors (Lipinski definition) is 1. The molecule has 0 heterocycles. The molecule has 0 amide bonds. The monoisotopic (exact) mass is 262 g/mol. The number of nitro groups is 1. The van der Waals surface area contributed by atoms with Crippen LogP contribution in [0.15, 0.2) is 36.9 Å². The molecule has 0 aromatic heterocycles. The predicted octanol–water partition coefficient (Wildman–Crippen LogP) is 2.31. The molecule has 0 atom stereocenters. The van der Waals surface area contributed by atoms with Crippen molar-refractivity contribution in [2.75, 3.05) is 18.5 Å². The molecular formula is C13H14N2O4. The maximum atomic E-state index is 10.9. The minimum Gasteiger partial charge on any atom is -0.478 e. The van der Waals surface area contributed by atoms with Crippen LogP contribution in [0.25, 0.3) is 6.08 Å². The van der Waals surface area contributed by atoms with Crippen molar-refractivity contribution in [3.05, 3.63) is 52.6 Å². The summed E-state index contributed by atoms with van der Waals surface area (Å²) in [7, 11) is 1.81. The number of carboxylic acid groups (broad SMARTS) is 1. The summed E-state index contributed by atoms with van der Waals surface area (Å²) >= 11 is 0. The molecule has 0 aliphatic carbocycles. The van der Waals surface area contributed by atoms with Gasteiger partial charge in [-0.15, -0.1) is 6.58 Å². The van der Waals surface area contributed by atoms with E-state index < -0.39 is 10.9 Å². The summed E-state index contributed by atoms with van der Waals surface area (Å²) < 4.78 is 0. The molecule has 0 aliphatic rings. The number of aliphatic carboxylic acids is 1. The van der Waals surface area contributed by atoms with E-state index in [4.69, 9.17) is 5.11 Å². The van der Waals surface area contributed by atoms with Gasteiger partial charge in [0.25, 0.3) is 5.69 Å². The average molecular weight is 262 g/mol. The van der Waals surface area contributed by atoms with E-state index in [1.807, 2.05) is 11.9 Å². The Kier molecular flexibility index (Phi) is 4.82. The lowest BCUT2D eigenvalue weighted by Crippen LogP contribution is -2.16. The number of nitrogens with zero attached hydrogens (tertiary/aromatic N) is 2. The van der Waals surface area contributed by atoms with Crippen molar-refractivity contribution in [1.82, 2.24) is 0 Å². The van der Waals surface area contributed by atoms with Crippen LogP contribution in [0.3, 0.4) is 0 Å². The van der Waals surface area contributed by atoms with Gasteiger partial charge in [-0.05, 0) is 18.2 Å². The van der Waals surface area contributed by atoms with Gasteiger partial charge in [-0.3, -0.25) is 10.1 Å². The topological polar surface area (TPSA) is 83.7 Å². The van der Waals surface area contributed by atoms with Crippen molar-refractivity contribution < 1.29 is 14.8 Å². The van der Waals surface area contributed by atoms with Gasteiger partial charge >= 0.3 is 5.97 Å². The van der Waals surface area contributed by atoms with Crippen molar-refractivity contribution in [3.63, 3.8) is 0 Å². The Morgan fingerprint density at radius 2 is 2.26 bits per heavy atom. The highest BCUT2D eigenvalue weighted by Crippen LogP contribution is 2.25. The molecule has 0 spiro atoms. The molecule has 6 nitrogen and oxygen atoms in total. The third-order valence-electron chi connectivity index (χ3n) is 2.46. The standard InChI is InChI=1S/C13H14N2O4/c1-3-8-14(2)11-5-6-12(15(18)19)10(9-11)4-7-13(16)17/h3-7,9H,1,8H2,2H3,(H,16,17)/b7-4+. The molecule has 0 radical (unpaired) electrons. The summed E-state index contributed by atoms with van der Waals surface area (Å²) in [5, 5.41) is 19.5. The van der Waals surface area contributed by atoms with Crippen LogP contribution in [-0.2, 0) is 4.79 Å². The highest BCUT2D eigenvalue weighted by atomic mass is 16.6. The molecule has 1 rings (SSSR count). The van der Waals surface area contributed by atoms with E-state index in [-0.39, 0.29) is 11.3 Å². The molecule has 100 valence electrons.